The fourth-order valence-electron chi connectivity index (χ4n) is 3.05. The van der Waals surface area contributed by atoms with Crippen LogP contribution in [0.3, 0.4) is 0 Å². The van der Waals surface area contributed by atoms with Crippen molar-refractivity contribution in [2.24, 2.45) is 10.9 Å². The maximum Gasteiger partial charge on any atom is 0.191 e. The molecule has 0 saturated carbocycles. The number of benzene rings is 1. The Morgan fingerprint density at radius 3 is 2.52 bits per heavy atom. The first-order valence-electron chi connectivity index (χ1n) is 9.59. The Hall–Kier alpha value is -1.22. The second kappa shape index (κ2) is 13.0. The van der Waals surface area contributed by atoms with Gasteiger partial charge in [-0.1, -0.05) is 19.1 Å². The quantitative estimate of drug-likeness (QED) is 0.334. The molecule has 1 aliphatic rings. The van der Waals surface area contributed by atoms with Crippen LogP contribution in [-0.2, 0) is 0 Å². The summed E-state index contributed by atoms with van der Waals surface area (Å²) in [5.41, 5.74) is 0. The van der Waals surface area contributed by atoms with Crippen LogP contribution in [-0.4, -0.2) is 63.8 Å². The van der Waals surface area contributed by atoms with Gasteiger partial charge in [-0.25, -0.2) is 0 Å². The van der Waals surface area contributed by atoms with E-state index in [-0.39, 0.29) is 30.1 Å². The number of para-hydroxylation sites is 2. The number of ether oxygens (including phenoxy) is 2. The molecule has 1 fully saturated rings. The van der Waals surface area contributed by atoms with E-state index >= 15 is 0 Å². The van der Waals surface area contributed by atoms with Gasteiger partial charge in [0, 0.05) is 20.1 Å². The molecule has 0 amide bonds. The molecular weight excluding hydrogens is 455 g/mol. The van der Waals surface area contributed by atoms with E-state index in [9.17, 15) is 0 Å². The predicted octanol–water partition coefficient (Wildman–Crippen LogP) is 2.98. The van der Waals surface area contributed by atoms with Crippen LogP contribution in [0.1, 0.15) is 26.7 Å². The number of methoxy groups -OCH3 is 1. The molecule has 0 radical (unpaired) electrons. The van der Waals surface area contributed by atoms with E-state index in [0.29, 0.717) is 6.54 Å². The van der Waals surface area contributed by atoms with Crippen molar-refractivity contribution in [3.8, 4) is 11.5 Å². The lowest BCUT2D eigenvalue weighted by atomic mass is 9.99. The third kappa shape index (κ3) is 8.55. The Labute approximate surface area is 181 Å². The van der Waals surface area contributed by atoms with Crippen LogP contribution in [0.4, 0.5) is 0 Å². The molecule has 1 aliphatic heterocycles. The summed E-state index contributed by atoms with van der Waals surface area (Å²) in [5, 5.41) is 6.71. The smallest absolute Gasteiger partial charge is 0.191 e. The molecule has 1 atom stereocenters. The number of halogens is 1. The minimum Gasteiger partial charge on any atom is -0.493 e. The molecule has 1 unspecified atom stereocenters. The summed E-state index contributed by atoms with van der Waals surface area (Å²) < 4.78 is 11.3. The van der Waals surface area contributed by atoms with Gasteiger partial charge in [0.05, 0.1) is 13.7 Å². The van der Waals surface area contributed by atoms with Crippen molar-refractivity contribution in [2.75, 3.05) is 46.9 Å². The van der Waals surface area contributed by atoms with Crippen molar-refractivity contribution >= 4 is 29.9 Å². The molecule has 2 rings (SSSR count). The minimum atomic E-state index is -0.00608. The highest BCUT2D eigenvalue weighted by molar-refractivity contribution is 14.0. The third-order valence-corrected chi connectivity index (χ3v) is 4.77. The second-order valence-electron chi connectivity index (χ2n) is 6.98. The fourth-order valence-corrected chi connectivity index (χ4v) is 3.05. The highest BCUT2D eigenvalue weighted by atomic mass is 127. The van der Waals surface area contributed by atoms with Gasteiger partial charge in [-0.3, -0.25) is 4.99 Å². The summed E-state index contributed by atoms with van der Waals surface area (Å²) in [4.78, 5) is 6.81. The Morgan fingerprint density at radius 2 is 1.89 bits per heavy atom. The first-order chi connectivity index (χ1) is 12.6. The van der Waals surface area contributed by atoms with Crippen LogP contribution in [0.5, 0.6) is 11.5 Å². The zero-order chi connectivity index (χ0) is 18.8. The molecule has 1 saturated heterocycles. The summed E-state index contributed by atoms with van der Waals surface area (Å²) in [6.45, 7) is 9.41. The average molecular weight is 490 g/mol. The van der Waals surface area contributed by atoms with Crippen molar-refractivity contribution in [1.29, 1.82) is 0 Å². The molecule has 0 aliphatic carbocycles. The number of hydrogen-bond acceptors (Lipinski definition) is 4. The summed E-state index contributed by atoms with van der Waals surface area (Å²) in [6, 6.07) is 7.70. The molecule has 0 spiro atoms. The number of guanidine groups is 1. The van der Waals surface area contributed by atoms with Crippen LogP contribution in [0, 0.1) is 5.92 Å². The first-order valence-corrected chi connectivity index (χ1v) is 9.59. The van der Waals surface area contributed by atoms with Crippen molar-refractivity contribution in [3.05, 3.63) is 24.3 Å². The lowest BCUT2D eigenvalue weighted by Gasteiger charge is -2.30. The van der Waals surface area contributed by atoms with E-state index in [1.54, 1.807) is 14.2 Å². The van der Waals surface area contributed by atoms with Gasteiger partial charge in [0.15, 0.2) is 17.5 Å². The number of nitrogens with zero attached hydrogens (tertiary/aromatic N) is 2. The highest BCUT2D eigenvalue weighted by Crippen LogP contribution is 2.26. The van der Waals surface area contributed by atoms with E-state index in [1.807, 2.05) is 31.2 Å². The van der Waals surface area contributed by atoms with Gasteiger partial charge in [-0.2, -0.15) is 0 Å². The summed E-state index contributed by atoms with van der Waals surface area (Å²) >= 11 is 0. The molecule has 0 bridgehead atoms. The van der Waals surface area contributed by atoms with E-state index in [4.69, 9.17) is 9.47 Å². The molecule has 6 nitrogen and oxygen atoms in total. The Balaban J connectivity index is 0.00000364. The number of aliphatic imine (C=N–C) groups is 1. The molecule has 0 aromatic heterocycles. The van der Waals surface area contributed by atoms with Gasteiger partial charge in [-0.05, 0) is 50.9 Å². The second-order valence-corrected chi connectivity index (χ2v) is 6.98. The zero-order valence-electron chi connectivity index (χ0n) is 17.0. The van der Waals surface area contributed by atoms with Gasteiger partial charge >= 0.3 is 0 Å². The van der Waals surface area contributed by atoms with E-state index in [1.165, 1.54) is 25.9 Å². The molecular formula is C20H35IN4O2. The van der Waals surface area contributed by atoms with E-state index in [2.05, 4.69) is 27.4 Å². The molecule has 154 valence electrons. The standard InChI is InChI=1S/C20H34N4O2.HI/c1-16-9-12-24(13-10-16)14-11-22-20(21-3)23-15-17(2)26-19-8-6-5-7-18(19)25-4;/h5-8,16-17H,9-15H2,1-4H3,(H2,21,22,23);1H. The Kier molecular flexibility index (Phi) is 11.5. The number of nitrogens with one attached hydrogen (secondary N) is 2. The van der Waals surface area contributed by atoms with Crippen LogP contribution in [0.15, 0.2) is 29.3 Å². The molecule has 2 N–H and O–H groups in total. The van der Waals surface area contributed by atoms with Gasteiger partial charge < -0.3 is 25.0 Å². The molecule has 1 heterocycles. The van der Waals surface area contributed by atoms with Crippen molar-refractivity contribution in [3.63, 3.8) is 0 Å². The Morgan fingerprint density at radius 1 is 1.22 bits per heavy atom. The van der Waals surface area contributed by atoms with Gasteiger partial charge in [0.1, 0.15) is 6.10 Å². The normalized spacial score (nSPS) is 17.0. The molecule has 27 heavy (non-hydrogen) atoms. The fraction of sp³-hybridized carbons (Fsp3) is 0.650. The van der Waals surface area contributed by atoms with Crippen LogP contribution >= 0.6 is 24.0 Å². The lowest BCUT2D eigenvalue weighted by molar-refractivity contribution is 0.195. The number of hydrogen-bond donors (Lipinski definition) is 2. The Bertz CT molecular complexity index is 563. The van der Waals surface area contributed by atoms with Crippen LogP contribution in [0.2, 0.25) is 0 Å². The minimum absolute atomic E-state index is 0. The number of piperidine rings is 1. The topological polar surface area (TPSA) is 58.1 Å². The maximum atomic E-state index is 5.96. The average Bonchev–Trinajstić information content (AvgIpc) is 2.66. The predicted molar refractivity (Wildman–Crippen MR) is 123 cm³/mol. The van der Waals surface area contributed by atoms with Crippen LogP contribution in [0.25, 0.3) is 0 Å². The van der Waals surface area contributed by atoms with E-state index < -0.39 is 0 Å². The van der Waals surface area contributed by atoms with Crippen molar-refractivity contribution in [2.45, 2.75) is 32.8 Å². The van der Waals surface area contributed by atoms with E-state index in [0.717, 1.165) is 36.5 Å². The number of likely N-dealkylation sites (tertiary alicyclic amines) is 1. The van der Waals surface area contributed by atoms with Gasteiger partial charge in [0.25, 0.3) is 0 Å². The summed E-state index contributed by atoms with van der Waals surface area (Å²) in [5.74, 6) is 3.19. The number of rotatable bonds is 8. The third-order valence-electron chi connectivity index (χ3n) is 4.77. The van der Waals surface area contributed by atoms with Crippen molar-refractivity contribution in [1.82, 2.24) is 15.5 Å². The zero-order valence-corrected chi connectivity index (χ0v) is 19.4. The van der Waals surface area contributed by atoms with Crippen LogP contribution < -0.4 is 20.1 Å². The van der Waals surface area contributed by atoms with Crippen molar-refractivity contribution < 1.29 is 9.47 Å². The largest absolute Gasteiger partial charge is 0.493 e. The lowest BCUT2D eigenvalue weighted by Crippen LogP contribution is -2.45. The maximum absolute atomic E-state index is 5.96. The molecule has 1 aromatic carbocycles. The highest BCUT2D eigenvalue weighted by Gasteiger charge is 2.15. The summed E-state index contributed by atoms with van der Waals surface area (Å²) in [7, 11) is 3.45. The van der Waals surface area contributed by atoms with Gasteiger partial charge in [-0.15, -0.1) is 24.0 Å². The van der Waals surface area contributed by atoms with Gasteiger partial charge in [0.2, 0.25) is 0 Å². The summed E-state index contributed by atoms with van der Waals surface area (Å²) in [6.07, 6.45) is 2.61. The first kappa shape index (κ1) is 23.8. The molecule has 1 aromatic rings. The SMILES string of the molecule is CN=C(NCCN1CCC(C)CC1)NCC(C)Oc1ccccc1OC.I. The monoisotopic (exact) mass is 490 g/mol. The molecule has 7 heteroatoms.